The minimum Gasteiger partial charge on any atom is -0.133 e. The van der Waals surface area contributed by atoms with Crippen molar-refractivity contribution in [3.63, 3.8) is 0 Å². The third-order valence-electron chi connectivity index (χ3n) is 7.72. The molecule has 0 atom stereocenters. The molecule has 140 valence electrons. The van der Waals surface area contributed by atoms with E-state index >= 15 is 0 Å². The van der Waals surface area contributed by atoms with E-state index in [0.29, 0.717) is 0 Å². The maximum atomic E-state index is 2.72. The third-order valence-corrected chi connectivity index (χ3v) is 7.72. The molecule has 6 rings (SSSR count). The molecule has 1 spiro atoms. The van der Waals surface area contributed by atoms with Crippen LogP contribution in [0.4, 0.5) is 0 Å². The van der Waals surface area contributed by atoms with Crippen LogP contribution in [-0.2, 0) is 32.1 Å². The standard InChI is InChI=1S/C26H28N2/c1-16-11-20-7-5-9-22-13-23-10-6-8-21-12-17(2)28-19(4)18(3)27(16)26(28,14-24(20)22)15-25(21)23/h5-10H,11-15H2,1-4H3/q+2. The second-order valence-corrected chi connectivity index (χ2v) is 9.29. The first-order valence-corrected chi connectivity index (χ1v) is 10.6. The van der Waals surface area contributed by atoms with Crippen LogP contribution in [0.1, 0.15) is 61.1 Å². The van der Waals surface area contributed by atoms with Gasteiger partial charge >= 0.3 is 5.66 Å². The Morgan fingerprint density at radius 3 is 1.43 bits per heavy atom. The average Bonchev–Trinajstić information content (AvgIpc) is 2.73. The van der Waals surface area contributed by atoms with Crippen molar-refractivity contribution in [1.29, 1.82) is 0 Å². The molecular formula is C26H28N2+2. The van der Waals surface area contributed by atoms with E-state index in [9.17, 15) is 0 Å². The molecule has 2 aromatic carbocycles. The summed E-state index contributed by atoms with van der Waals surface area (Å²) in [5.41, 5.74) is 15.2. The lowest BCUT2D eigenvalue weighted by Gasteiger charge is -2.27. The fourth-order valence-electron chi connectivity index (χ4n) is 6.68. The van der Waals surface area contributed by atoms with E-state index in [1.54, 1.807) is 11.1 Å². The molecule has 0 unspecified atom stereocenters. The summed E-state index contributed by atoms with van der Waals surface area (Å²) in [5, 5.41) is 0. The lowest BCUT2D eigenvalue weighted by Crippen LogP contribution is -2.52. The Labute approximate surface area is 167 Å². The molecule has 0 amide bonds. The molecule has 2 nitrogen and oxygen atoms in total. The molecule has 4 aliphatic rings. The summed E-state index contributed by atoms with van der Waals surface area (Å²) in [4.78, 5) is 0. The van der Waals surface area contributed by atoms with Crippen LogP contribution in [-0.4, -0.2) is 26.2 Å². The van der Waals surface area contributed by atoms with Gasteiger partial charge in [-0.1, -0.05) is 36.4 Å². The molecule has 0 radical (unpaired) electrons. The summed E-state index contributed by atoms with van der Waals surface area (Å²) in [7, 11) is 0. The van der Waals surface area contributed by atoms with Gasteiger partial charge in [0.05, 0.1) is 12.8 Å². The van der Waals surface area contributed by atoms with Gasteiger partial charge < -0.3 is 0 Å². The highest BCUT2D eigenvalue weighted by atomic mass is 15.4. The molecule has 1 aliphatic carbocycles. The van der Waals surface area contributed by atoms with E-state index in [-0.39, 0.29) is 5.66 Å². The summed E-state index contributed by atoms with van der Waals surface area (Å²) >= 11 is 0. The quantitative estimate of drug-likeness (QED) is 0.608. The van der Waals surface area contributed by atoms with E-state index in [0.717, 1.165) is 32.1 Å². The van der Waals surface area contributed by atoms with E-state index < -0.39 is 0 Å². The molecule has 0 saturated carbocycles. The minimum atomic E-state index is -0.0224. The molecule has 0 aromatic heterocycles. The predicted octanol–water partition coefficient (Wildman–Crippen LogP) is 4.40. The summed E-state index contributed by atoms with van der Waals surface area (Å²) in [5.74, 6) is 0. The highest BCUT2D eigenvalue weighted by molar-refractivity contribution is 5.83. The Hall–Kier alpha value is -2.48. The normalized spacial score (nSPS) is 21.4. The van der Waals surface area contributed by atoms with Gasteiger partial charge in [0.25, 0.3) is 11.4 Å². The number of allylic oxidation sites excluding steroid dienone is 2. The first-order chi connectivity index (χ1) is 13.5. The zero-order chi connectivity index (χ0) is 19.2. The fourth-order valence-corrected chi connectivity index (χ4v) is 6.68. The van der Waals surface area contributed by atoms with Gasteiger partial charge in [0, 0.05) is 27.7 Å². The molecule has 0 N–H and O–H groups in total. The third kappa shape index (κ3) is 1.89. The highest BCUT2D eigenvalue weighted by Gasteiger charge is 2.64. The van der Waals surface area contributed by atoms with Crippen LogP contribution < -0.4 is 0 Å². The van der Waals surface area contributed by atoms with Crippen molar-refractivity contribution in [3.8, 4) is 0 Å². The molecule has 0 saturated heterocycles. The van der Waals surface area contributed by atoms with Gasteiger partial charge in [-0.15, -0.1) is 9.15 Å². The Kier molecular flexibility index (Phi) is 3.13. The largest absolute Gasteiger partial charge is 0.369 e. The topological polar surface area (TPSA) is 6.02 Å². The van der Waals surface area contributed by atoms with E-state index in [4.69, 9.17) is 0 Å². The van der Waals surface area contributed by atoms with Crippen LogP contribution in [0.2, 0.25) is 0 Å². The van der Waals surface area contributed by atoms with Gasteiger partial charge in [0.2, 0.25) is 0 Å². The van der Waals surface area contributed by atoms with Crippen LogP contribution in [0.3, 0.4) is 0 Å². The number of hydrogen-bond donors (Lipinski definition) is 0. The van der Waals surface area contributed by atoms with E-state index in [1.165, 1.54) is 45.1 Å². The zero-order valence-electron chi connectivity index (χ0n) is 17.4. The zero-order valence-corrected chi connectivity index (χ0v) is 17.4. The first kappa shape index (κ1) is 16.5. The van der Waals surface area contributed by atoms with Crippen LogP contribution in [0, 0.1) is 0 Å². The number of rotatable bonds is 0. The van der Waals surface area contributed by atoms with Gasteiger partial charge in [-0.25, -0.2) is 0 Å². The number of hydrogen-bond acceptors (Lipinski definition) is 0. The highest BCUT2D eigenvalue weighted by Crippen LogP contribution is 2.44. The Morgan fingerprint density at radius 1 is 0.607 bits per heavy atom. The van der Waals surface area contributed by atoms with Crippen LogP contribution in [0.25, 0.3) is 0 Å². The fraction of sp³-hybridized carbons (Fsp3) is 0.385. The second kappa shape index (κ2) is 5.31. The summed E-state index contributed by atoms with van der Waals surface area (Å²) in [6.07, 6.45) is 5.41. The van der Waals surface area contributed by atoms with Crippen LogP contribution >= 0.6 is 0 Å². The Morgan fingerprint density at radius 2 is 1.00 bits per heavy atom. The molecular weight excluding hydrogens is 340 g/mol. The maximum absolute atomic E-state index is 2.72. The average molecular weight is 369 g/mol. The van der Waals surface area contributed by atoms with Gasteiger partial charge in [-0.2, -0.15) is 0 Å². The van der Waals surface area contributed by atoms with E-state index in [2.05, 4.69) is 73.2 Å². The predicted molar refractivity (Wildman–Crippen MR) is 113 cm³/mol. The molecule has 3 heterocycles. The molecule has 2 heteroatoms. The van der Waals surface area contributed by atoms with Gasteiger partial charge in [-0.3, -0.25) is 0 Å². The monoisotopic (exact) mass is 368 g/mol. The van der Waals surface area contributed by atoms with Gasteiger partial charge in [0.15, 0.2) is 11.4 Å². The first-order valence-electron chi connectivity index (χ1n) is 10.6. The van der Waals surface area contributed by atoms with Crippen LogP contribution in [0.5, 0.6) is 0 Å². The van der Waals surface area contributed by atoms with Crippen molar-refractivity contribution in [2.45, 2.75) is 65.5 Å². The number of benzene rings is 2. The van der Waals surface area contributed by atoms with Crippen molar-refractivity contribution < 1.29 is 9.15 Å². The second-order valence-electron chi connectivity index (χ2n) is 9.29. The summed E-state index contributed by atoms with van der Waals surface area (Å²) < 4.78 is 5.43. The van der Waals surface area contributed by atoms with Crippen molar-refractivity contribution in [2.24, 2.45) is 0 Å². The van der Waals surface area contributed by atoms with Crippen molar-refractivity contribution in [2.75, 3.05) is 0 Å². The minimum absolute atomic E-state index is 0.0224. The number of nitrogens with zero attached hydrogens (tertiary/aromatic N) is 2. The SMILES string of the molecule is CC1=C(C)[N+]2=C(C)Cc3cccc4c3CC23Cc2c(cccc2C4)CC(C)=[N+]13. The smallest absolute Gasteiger partial charge is 0.133 e. The van der Waals surface area contributed by atoms with Crippen molar-refractivity contribution in [3.05, 3.63) is 81.2 Å². The molecule has 3 bridgehead atoms. The van der Waals surface area contributed by atoms with Crippen molar-refractivity contribution >= 4 is 11.4 Å². The molecule has 28 heavy (non-hydrogen) atoms. The molecule has 2 aromatic rings. The molecule has 3 aliphatic heterocycles. The van der Waals surface area contributed by atoms with Crippen molar-refractivity contribution in [1.82, 2.24) is 0 Å². The molecule has 0 fully saturated rings. The van der Waals surface area contributed by atoms with E-state index in [1.807, 2.05) is 0 Å². The lowest BCUT2D eigenvalue weighted by molar-refractivity contribution is -0.758. The van der Waals surface area contributed by atoms with Gasteiger partial charge in [0.1, 0.15) is 12.8 Å². The Balaban J connectivity index is 1.81. The maximum Gasteiger partial charge on any atom is 0.369 e. The van der Waals surface area contributed by atoms with Crippen LogP contribution in [0.15, 0.2) is 47.8 Å². The Bertz CT molecular complexity index is 1080. The lowest BCUT2D eigenvalue weighted by atomic mass is 9.80. The summed E-state index contributed by atoms with van der Waals surface area (Å²) in [6.45, 7) is 9.37. The van der Waals surface area contributed by atoms with Gasteiger partial charge in [-0.05, 0) is 39.8 Å². The summed E-state index contributed by atoms with van der Waals surface area (Å²) in [6, 6.07) is 14.0.